The summed E-state index contributed by atoms with van der Waals surface area (Å²) in [5.41, 5.74) is 1.70. The van der Waals surface area contributed by atoms with E-state index in [2.05, 4.69) is 0 Å². The molecule has 20 heavy (non-hydrogen) atoms. The summed E-state index contributed by atoms with van der Waals surface area (Å²) >= 11 is 0. The Labute approximate surface area is 118 Å². The molecule has 0 radical (unpaired) electrons. The minimum absolute atomic E-state index is 0.274. The lowest BCUT2D eigenvalue weighted by Gasteiger charge is -2.32. The van der Waals surface area contributed by atoms with Gasteiger partial charge < -0.3 is 14.2 Å². The maximum atomic E-state index is 12.2. The van der Waals surface area contributed by atoms with E-state index in [1.54, 1.807) is 21.0 Å². The molecule has 1 aromatic rings. The number of rotatable bonds is 5. The first kappa shape index (κ1) is 14.9. The molecule has 0 aromatic heterocycles. The monoisotopic (exact) mass is 280 g/mol. The summed E-state index contributed by atoms with van der Waals surface area (Å²) < 4.78 is 16.0. The molecule has 6 heteroatoms. The summed E-state index contributed by atoms with van der Waals surface area (Å²) in [5.74, 6) is 5.55. The number of benzene rings is 1. The van der Waals surface area contributed by atoms with Crippen LogP contribution in [0.2, 0.25) is 0 Å². The number of hydrogen-bond acceptors (Lipinski definition) is 5. The van der Waals surface area contributed by atoms with Crippen molar-refractivity contribution in [1.29, 1.82) is 0 Å². The van der Waals surface area contributed by atoms with Crippen LogP contribution in [0.1, 0.15) is 19.4 Å². The van der Waals surface area contributed by atoms with Gasteiger partial charge in [-0.05, 0) is 25.5 Å². The minimum atomic E-state index is -0.644. The highest BCUT2D eigenvalue weighted by Crippen LogP contribution is 2.27. The van der Waals surface area contributed by atoms with Crippen molar-refractivity contribution in [3.05, 3.63) is 29.8 Å². The summed E-state index contributed by atoms with van der Waals surface area (Å²) in [4.78, 5) is 12.2. The van der Waals surface area contributed by atoms with Crippen LogP contribution in [0.4, 0.5) is 5.69 Å². The highest BCUT2D eigenvalue weighted by Gasteiger charge is 2.33. The van der Waals surface area contributed by atoms with Crippen molar-refractivity contribution in [2.45, 2.75) is 39.0 Å². The van der Waals surface area contributed by atoms with Crippen molar-refractivity contribution in [2.24, 2.45) is 5.84 Å². The average Bonchev–Trinajstić information content (AvgIpc) is 2.44. The fourth-order valence-electron chi connectivity index (χ4n) is 2.17. The number of ether oxygens (including phenoxy) is 3. The van der Waals surface area contributed by atoms with Gasteiger partial charge in [-0.3, -0.25) is 4.79 Å². The van der Waals surface area contributed by atoms with Gasteiger partial charge in [0.25, 0.3) is 5.91 Å². The van der Waals surface area contributed by atoms with Gasteiger partial charge in [0.05, 0.1) is 5.69 Å². The van der Waals surface area contributed by atoms with E-state index in [1.807, 2.05) is 24.3 Å². The highest BCUT2D eigenvalue weighted by atomic mass is 16.8. The van der Waals surface area contributed by atoms with E-state index in [4.69, 9.17) is 20.1 Å². The lowest BCUT2D eigenvalue weighted by molar-refractivity contribution is -0.236. The van der Waals surface area contributed by atoms with E-state index in [0.717, 1.165) is 16.3 Å². The Bertz CT molecular complexity index is 480. The van der Waals surface area contributed by atoms with E-state index >= 15 is 0 Å². The third-order valence-electron chi connectivity index (χ3n) is 3.24. The Morgan fingerprint density at radius 1 is 1.30 bits per heavy atom. The lowest BCUT2D eigenvalue weighted by Crippen LogP contribution is -2.50. The molecule has 6 nitrogen and oxygen atoms in total. The summed E-state index contributed by atoms with van der Waals surface area (Å²) in [5, 5.41) is 1.13. The number of hydrazine groups is 1. The van der Waals surface area contributed by atoms with Crippen LogP contribution in [-0.4, -0.2) is 31.7 Å². The zero-order valence-corrected chi connectivity index (χ0v) is 11.9. The van der Waals surface area contributed by atoms with E-state index in [0.29, 0.717) is 6.42 Å². The molecule has 1 amide bonds. The summed E-state index contributed by atoms with van der Waals surface area (Å²) in [7, 11) is 1.54. The first-order chi connectivity index (χ1) is 9.52. The molecule has 0 aliphatic carbocycles. The first-order valence-electron chi connectivity index (χ1n) is 6.53. The summed E-state index contributed by atoms with van der Waals surface area (Å²) in [6, 6.07) is 7.50. The molecule has 2 unspecified atom stereocenters. The van der Waals surface area contributed by atoms with Gasteiger partial charge in [-0.15, -0.1) is 0 Å². The average molecular weight is 280 g/mol. The van der Waals surface area contributed by atoms with E-state index in [9.17, 15) is 4.79 Å². The minimum Gasteiger partial charge on any atom is -0.356 e. The molecule has 110 valence electrons. The zero-order chi connectivity index (χ0) is 14.7. The smallest absolute Gasteiger partial charge is 0.270 e. The summed E-state index contributed by atoms with van der Waals surface area (Å²) in [6.45, 7) is 3.48. The number of methoxy groups -OCH3 is 1. The number of nitrogens with two attached hydrogens (primary N) is 1. The number of nitrogens with zero attached hydrogens (tertiary/aromatic N) is 1. The molecule has 0 bridgehead atoms. The quantitative estimate of drug-likeness (QED) is 0.498. The van der Waals surface area contributed by atoms with Crippen molar-refractivity contribution in [2.75, 3.05) is 12.1 Å². The first-order valence-corrected chi connectivity index (χ1v) is 6.53. The second kappa shape index (κ2) is 6.32. The van der Waals surface area contributed by atoms with Gasteiger partial charge in [0.1, 0.15) is 6.10 Å². The van der Waals surface area contributed by atoms with Crippen LogP contribution in [0.5, 0.6) is 0 Å². The van der Waals surface area contributed by atoms with Gasteiger partial charge in [-0.1, -0.05) is 18.2 Å². The Morgan fingerprint density at radius 2 is 2.00 bits per heavy atom. The van der Waals surface area contributed by atoms with Crippen LogP contribution in [0.3, 0.4) is 0 Å². The topological polar surface area (TPSA) is 74.0 Å². The molecular weight excluding hydrogens is 260 g/mol. The molecule has 0 saturated heterocycles. The Kier molecular flexibility index (Phi) is 4.72. The zero-order valence-electron chi connectivity index (χ0n) is 11.9. The van der Waals surface area contributed by atoms with Gasteiger partial charge in [0.2, 0.25) is 0 Å². The van der Waals surface area contributed by atoms with Gasteiger partial charge in [-0.2, -0.15) is 0 Å². The number of fused-ring (bicyclic) bond motifs is 1. The Balaban J connectivity index is 2.05. The van der Waals surface area contributed by atoms with E-state index in [-0.39, 0.29) is 5.91 Å². The van der Waals surface area contributed by atoms with Gasteiger partial charge in [-0.25, -0.2) is 10.9 Å². The number of para-hydroxylation sites is 1. The molecule has 3 atom stereocenters. The largest absolute Gasteiger partial charge is 0.356 e. The molecular formula is C14H20N2O4. The molecule has 2 rings (SSSR count). The van der Waals surface area contributed by atoms with E-state index in [1.165, 1.54) is 0 Å². The number of amides is 1. The number of carbonyl (C=O) groups is 1. The predicted octanol–water partition coefficient (Wildman–Crippen LogP) is 1.19. The van der Waals surface area contributed by atoms with Crippen LogP contribution < -0.4 is 10.9 Å². The second-order valence-electron chi connectivity index (χ2n) is 4.67. The van der Waals surface area contributed by atoms with Gasteiger partial charge in [0, 0.05) is 13.5 Å². The third kappa shape index (κ3) is 3.16. The molecule has 1 aliphatic heterocycles. The molecule has 1 heterocycles. The maximum Gasteiger partial charge on any atom is 0.270 e. The molecule has 0 fully saturated rings. The van der Waals surface area contributed by atoms with Crippen molar-refractivity contribution in [1.82, 2.24) is 0 Å². The van der Waals surface area contributed by atoms with Crippen molar-refractivity contribution in [3.8, 4) is 0 Å². The van der Waals surface area contributed by atoms with Gasteiger partial charge >= 0.3 is 0 Å². The molecule has 2 N–H and O–H groups in total. The third-order valence-corrected chi connectivity index (χ3v) is 3.24. The SMILES string of the molecule is COC(C)OC(C)O[C@H]1Cc2ccccc2N(N)C1=O. The standard InChI is InChI=1S/C14H20N2O4/c1-9(18-3)19-10(2)20-13-8-11-6-4-5-7-12(11)16(15)14(13)17/h4-7,9-10,13H,8,15H2,1-3H3/t9?,10?,13-/m0/s1. The molecule has 1 aliphatic rings. The highest BCUT2D eigenvalue weighted by molar-refractivity contribution is 5.98. The molecule has 0 spiro atoms. The lowest BCUT2D eigenvalue weighted by atomic mass is 10.0. The van der Waals surface area contributed by atoms with Crippen LogP contribution >= 0.6 is 0 Å². The normalized spacial score (nSPS) is 21.5. The number of hydrogen-bond donors (Lipinski definition) is 1. The van der Waals surface area contributed by atoms with Crippen molar-refractivity contribution < 1.29 is 19.0 Å². The van der Waals surface area contributed by atoms with Crippen LogP contribution in [0, 0.1) is 0 Å². The maximum absolute atomic E-state index is 12.2. The number of anilines is 1. The Morgan fingerprint density at radius 3 is 2.70 bits per heavy atom. The molecule has 1 aromatic carbocycles. The van der Waals surface area contributed by atoms with Crippen LogP contribution in [0.15, 0.2) is 24.3 Å². The fourth-order valence-corrected chi connectivity index (χ4v) is 2.17. The van der Waals surface area contributed by atoms with Crippen LogP contribution in [0.25, 0.3) is 0 Å². The number of carbonyl (C=O) groups excluding carboxylic acids is 1. The fraction of sp³-hybridized carbons (Fsp3) is 0.500. The summed E-state index contributed by atoms with van der Waals surface area (Å²) in [6.07, 6.45) is -1.12. The van der Waals surface area contributed by atoms with Crippen molar-refractivity contribution >= 4 is 11.6 Å². The van der Waals surface area contributed by atoms with Crippen LogP contribution in [-0.2, 0) is 25.4 Å². The predicted molar refractivity (Wildman–Crippen MR) is 73.7 cm³/mol. The van der Waals surface area contributed by atoms with Gasteiger partial charge in [0.15, 0.2) is 12.6 Å². The van der Waals surface area contributed by atoms with E-state index < -0.39 is 18.7 Å². The Hall–Kier alpha value is -1.47. The second-order valence-corrected chi connectivity index (χ2v) is 4.67. The van der Waals surface area contributed by atoms with Crippen molar-refractivity contribution in [3.63, 3.8) is 0 Å². The molecule has 0 saturated carbocycles.